The average molecular weight is 391 g/mol. The third kappa shape index (κ3) is 5.72. The first-order valence-electron chi connectivity index (χ1n) is 8.58. The van der Waals surface area contributed by atoms with Gasteiger partial charge >= 0.3 is 0 Å². The minimum absolute atomic E-state index is 0.0990. The maximum Gasteiger partial charge on any atom is 0.262 e. The molecule has 2 aromatic rings. The lowest BCUT2D eigenvalue weighted by atomic mass is 9.92. The second-order valence-corrected chi connectivity index (χ2v) is 9.22. The molecule has 0 aliphatic rings. The van der Waals surface area contributed by atoms with Gasteiger partial charge in [0.05, 0.1) is 17.7 Å². The van der Waals surface area contributed by atoms with Crippen molar-refractivity contribution in [1.82, 2.24) is 0 Å². The molecule has 0 aliphatic carbocycles. The first-order chi connectivity index (χ1) is 12.5. The van der Waals surface area contributed by atoms with E-state index in [1.165, 1.54) is 13.2 Å². The summed E-state index contributed by atoms with van der Waals surface area (Å²) in [5.74, 6) is 0.265. The van der Waals surface area contributed by atoms with Crippen molar-refractivity contribution in [2.24, 2.45) is 5.41 Å². The van der Waals surface area contributed by atoms with E-state index < -0.39 is 10.0 Å². The number of ether oxygens (including phenoxy) is 1. The molecule has 2 N–H and O–H groups in total. The molecule has 2 aromatic carbocycles. The largest absolute Gasteiger partial charge is 0.495 e. The Morgan fingerprint density at radius 1 is 1.11 bits per heavy atom. The van der Waals surface area contributed by atoms with Crippen LogP contribution < -0.4 is 14.8 Å². The average Bonchev–Trinajstić information content (AvgIpc) is 2.55. The van der Waals surface area contributed by atoms with Crippen molar-refractivity contribution in [2.75, 3.05) is 17.1 Å². The third-order valence-corrected chi connectivity index (χ3v) is 5.31. The van der Waals surface area contributed by atoms with Crippen LogP contribution in [0.3, 0.4) is 0 Å². The Labute approximate surface area is 161 Å². The van der Waals surface area contributed by atoms with Crippen LogP contribution in [0.1, 0.15) is 32.8 Å². The Morgan fingerprint density at radius 3 is 2.41 bits per heavy atom. The van der Waals surface area contributed by atoms with Crippen LogP contribution in [0.25, 0.3) is 0 Å². The first-order valence-corrected chi connectivity index (χ1v) is 10.1. The van der Waals surface area contributed by atoms with Crippen LogP contribution in [0.5, 0.6) is 5.75 Å². The van der Waals surface area contributed by atoms with E-state index in [1.807, 2.05) is 20.8 Å². The van der Waals surface area contributed by atoms with Crippen molar-refractivity contribution in [3.05, 3.63) is 48.0 Å². The van der Waals surface area contributed by atoms with Gasteiger partial charge in [0.15, 0.2) is 0 Å². The van der Waals surface area contributed by atoms with E-state index in [9.17, 15) is 13.2 Å². The molecule has 0 unspecified atom stereocenters. The number of hydrogen-bond acceptors (Lipinski definition) is 4. The van der Waals surface area contributed by atoms with Gasteiger partial charge in [0.25, 0.3) is 10.0 Å². The number of benzene rings is 2. The third-order valence-electron chi connectivity index (χ3n) is 3.80. The van der Waals surface area contributed by atoms with Crippen molar-refractivity contribution in [3.8, 4) is 5.75 Å². The zero-order valence-corrected chi connectivity index (χ0v) is 17.1. The van der Waals surface area contributed by atoms with Gasteiger partial charge in [-0.25, -0.2) is 8.42 Å². The summed E-state index contributed by atoms with van der Waals surface area (Å²) in [4.78, 5) is 12.3. The first kappa shape index (κ1) is 20.8. The van der Waals surface area contributed by atoms with Crippen LogP contribution in [0.15, 0.2) is 47.4 Å². The zero-order chi connectivity index (χ0) is 20.2. The smallest absolute Gasteiger partial charge is 0.262 e. The van der Waals surface area contributed by atoms with Gasteiger partial charge in [0, 0.05) is 12.1 Å². The lowest BCUT2D eigenvalue weighted by Gasteiger charge is -2.18. The fourth-order valence-electron chi connectivity index (χ4n) is 2.58. The van der Waals surface area contributed by atoms with Gasteiger partial charge in [-0.05, 0) is 42.2 Å². The van der Waals surface area contributed by atoms with Crippen LogP contribution in [0.4, 0.5) is 11.4 Å². The Morgan fingerprint density at radius 2 is 1.78 bits per heavy atom. The predicted molar refractivity (Wildman–Crippen MR) is 108 cm³/mol. The molecular weight excluding hydrogens is 364 g/mol. The lowest BCUT2D eigenvalue weighted by Crippen LogP contribution is -2.20. The van der Waals surface area contributed by atoms with Gasteiger partial charge < -0.3 is 10.1 Å². The van der Waals surface area contributed by atoms with E-state index in [4.69, 9.17) is 4.74 Å². The highest BCUT2D eigenvalue weighted by Gasteiger charge is 2.21. The molecule has 0 spiro atoms. The number of anilines is 2. The number of aryl methyl sites for hydroxylation is 1. The summed E-state index contributed by atoms with van der Waals surface area (Å²) >= 11 is 0. The van der Waals surface area contributed by atoms with Gasteiger partial charge in [-0.2, -0.15) is 0 Å². The summed E-state index contributed by atoms with van der Waals surface area (Å²) in [6.45, 7) is 7.61. The van der Waals surface area contributed by atoms with Gasteiger partial charge in [-0.1, -0.05) is 39.0 Å². The number of amides is 1. The highest BCUT2D eigenvalue weighted by atomic mass is 32.2. The fraction of sp³-hybridized carbons (Fsp3) is 0.350. The molecule has 7 heteroatoms. The van der Waals surface area contributed by atoms with E-state index in [0.717, 1.165) is 0 Å². The van der Waals surface area contributed by atoms with Gasteiger partial charge in [0.2, 0.25) is 5.91 Å². The minimum Gasteiger partial charge on any atom is -0.495 e. The number of sulfonamides is 1. The second kappa shape index (κ2) is 8.00. The van der Waals surface area contributed by atoms with E-state index in [-0.39, 0.29) is 16.2 Å². The summed E-state index contributed by atoms with van der Waals surface area (Å²) in [7, 11) is -2.38. The number of carbonyl (C=O) groups is 1. The Balaban J connectivity index is 2.30. The summed E-state index contributed by atoms with van der Waals surface area (Å²) < 4.78 is 33.5. The SMILES string of the molecule is COc1ccccc1NS(=O)(=O)c1cc(NC(=O)CC(C)(C)C)ccc1C. The molecule has 0 aromatic heterocycles. The highest BCUT2D eigenvalue weighted by Crippen LogP contribution is 2.28. The molecular formula is C20H26N2O4S. The van der Waals surface area contributed by atoms with E-state index in [1.54, 1.807) is 43.3 Å². The molecule has 0 aliphatic heterocycles. The molecule has 1 amide bonds. The molecule has 0 saturated carbocycles. The maximum atomic E-state index is 12.9. The molecule has 0 bridgehead atoms. The second-order valence-electron chi connectivity index (χ2n) is 7.57. The summed E-state index contributed by atoms with van der Waals surface area (Å²) in [6.07, 6.45) is 0.336. The number of nitrogens with one attached hydrogen (secondary N) is 2. The number of para-hydroxylation sites is 2. The normalized spacial score (nSPS) is 11.7. The lowest BCUT2D eigenvalue weighted by molar-refractivity contribution is -0.117. The van der Waals surface area contributed by atoms with E-state index >= 15 is 0 Å². The maximum absolute atomic E-state index is 12.9. The van der Waals surface area contributed by atoms with E-state index in [0.29, 0.717) is 29.1 Å². The molecule has 146 valence electrons. The minimum atomic E-state index is -3.85. The summed E-state index contributed by atoms with van der Waals surface area (Å²) in [6, 6.07) is 11.6. The Bertz CT molecular complexity index is 931. The van der Waals surface area contributed by atoms with Crippen molar-refractivity contribution in [2.45, 2.75) is 39.0 Å². The molecule has 0 radical (unpaired) electrons. The van der Waals surface area contributed by atoms with Crippen molar-refractivity contribution in [1.29, 1.82) is 0 Å². The van der Waals surface area contributed by atoms with Crippen molar-refractivity contribution in [3.63, 3.8) is 0 Å². The molecule has 0 saturated heterocycles. The van der Waals surface area contributed by atoms with Crippen LogP contribution in [0, 0.1) is 12.3 Å². The van der Waals surface area contributed by atoms with Gasteiger partial charge in [-0.3, -0.25) is 9.52 Å². The molecule has 6 nitrogen and oxygen atoms in total. The number of methoxy groups -OCH3 is 1. The van der Waals surface area contributed by atoms with Crippen molar-refractivity contribution < 1.29 is 17.9 Å². The zero-order valence-electron chi connectivity index (χ0n) is 16.3. The Hall–Kier alpha value is -2.54. The highest BCUT2D eigenvalue weighted by molar-refractivity contribution is 7.92. The van der Waals surface area contributed by atoms with Crippen LogP contribution in [-0.2, 0) is 14.8 Å². The monoisotopic (exact) mass is 390 g/mol. The van der Waals surface area contributed by atoms with Crippen LogP contribution in [0.2, 0.25) is 0 Å². The molecule has 0 atom stereocenters. The van der Waals surface area contributed by atoms with Gasteiger partial charge in [0.1, 0.15) is 5.75 Å². The number of rotatable bonds is 6. The van der Waals surface area contributed by atoms with Crippen molar-refractivity contribution >= 4 is 27.3 Å². The predicted octanol–water partition coefficient (Wildman–Crippen LogP) is 4.18. The standard InChI is InChI=1S/C20H26N2O4S/c1-14-10-11-15(21-19(23)13-20(2,3)4)12-18(14)27(24,25)22-16-8-6-7-9-17(16)26-5/h6-12,22H,13H2,1-5H3,(H,21,23). The molecule has 27 heavy (non-hydrogen) atoms. The number of carbonyl (C=O) groups excluding carboxylic acids is 1. The molecule has 2 rings (SSSR count). The summed E-state index contributed by atoms with van der Waals surface area (Å²) in [5.41, 5.74) is 1.21. The quantitative estimate of drug-likeness (QED) is 0.775. The molecule has 0 heterocycles. The fourth-order valence-corrected chi connectivity index (χ4v) is 3.93. The van der Waals surface area contributed by atoms with Crippen LogP contribution in [-0.4, -0.2) is 21.4 Å². The molecule has 0 fully saturated rings. The van der Waals surface area contributed by atoms with Crippen LogP contribution >= 0.6 is 0 Å². The van der Waals surface area contributed by atoms with E-state index in [2.05, 4.69) is 10.0 Å². The number of hydrogen-bond donors (Lipinski definition) is 2. The summed E-state index contributed by atoms with van der Waals surface area (Å²) in [5, 5.41) is 2.77. The van der Waals surface area contributed by atoms with Gasteiger partial charge in [-0.15, -0.1) is 0 Å². The topological polar surface area (TPSA) is 84.5 Å². The Kier molecular flexibility index (Phi) is 6.15.